The van der Waals surface area contributed by atoms with Crippen molar-refractivity contribution in [1.29, 1.82) is 0 Å². The minimum atomic E-state index is -1.28. The second-order valence-electron chi connectivity index (χ2n) is 20.6. The highest BCUT2D eigenvalue weighted by atomic mass is 32.2. The van der Waals surface area contributed by atoms with E-state index in [1.807, 2.05) is 11.8 Å². The Kier molecular flexibility index (Phi) is 26.5. The number of carbonyl (C=O) groups excluding carboxylic acids is 7. The van der Waals surface area contributed by atoms with Crippen LogP contribution in [-0.2, 0) is 24.0 Å². The molecule has 9 N–H and O–H groups in total. The summed E-state index contributed by atoms with van der Waals surface area (Å²) in [6.45, 7) is 2.01. The van der Waals surface area contributed by atoms with Gasteiger partial charge in [-0.25, -0.2) is 9.59 Å². The van der Waals surface area contributed by atoms with Gasteiger partial charge in [0.25, 0.3) is 5.91 Å². The maximum absolute atomic E-state index is 13.1. The molecule has 3 heterocycles. The number of hydrogen-bond donors (Lipinski definition) is 9. The summed E-state index contributed by atoms with van der Waals surface area (Å²) in [7, 11) is 0. The number of benzene rings is 3. The molecule has 2 saturated heterocycles. The van der Waals surface area contributed by atoms with Crippen LogP contribution in [0.1, 0.15) is 156 Å². The molecule has 7 amide bonds. The molecule has 0 aromatic heterocycles. The minimum Gasteiger partial charge on any atom is -0.508 e. The Labute approximate surface area is 476 Å². The van der Waals surface area contributed by atoms with Gasteiger partial charge in [-0.05, 0) is 106 Å². The molecule has 0 radical (unpaired) electrons. The topological polar surface area (TPSA) is 291 Å². The molecule has 4 aliphatic rings. The fraction of sp³-hybridized carbons (Fsp3) is 0.542. The predicted molar refractivity (Wildman–Crippen MR) is 312 cm³/mol. The van der Waals surface area contributed by atoms with Crippen LogP contribution in [0, 0.1) is 0 Å². The van der Waals surface area contributed by atoms with Crippen molar-refractivity contribution >= 4 is 82.3 Å². The van der Waals surface area contributed by atoms with Crippen LogP contribution in [-0.4, -0.2) is 125 Å². The lowest BCUT2D eigenvalue weighted by Gasteiger charge is -2.17. The van der Waals surface area contributed by atoms with Gasteiger partial charge in [0.05, 0.1) is 22.9 Å². The second kappa shape index (κ2) is 33.9. The van der Waals surface area contributed by atoms with E-state index in [9.17, 15) is 53.4 Å². The van der Waals surface area contributed by atoms with Gasteiger partial charge in [-0.15, -0.1) is 11.8 Å². The third-order valence-corrected chi connectivity index (χ3v) is 17.2. The van der Waals surface area contributed by atoms with Crippen LogP contribution in [0.2, 0.25) is 0 Å². The van der Waals surface area contributed by atoms with Crippen molar-refractivity contribution in [2.75, 3.05) is 44.2 Å². The molecule has 19 nitrogen and oxygen atoms in total. The molecule has 0 saturated carbocycles. The molecule has 2 aromatic rings. The van der Waals surface area contributed by atoms with Crippen LogP contribution in [0.4, 0.5) is 4.79 Å². The van der Waals surface area contributed by atoms with Crippen LogP contribution in [0.3, 0.4) is 0 Å². The number of aldehydes is 1. The van der Waals surface area contributed by atoms with E-state index in [2.05, 4.69) is 37.2 Å². The second-order valence-corrected chi connectivity index (χ2v) is 23.1. The zero-order valence-electron chi connectivity index (χ0n) is 45.7. The number of hydrogen-bond acceptors (Lipinski definition) is 13. The van der Waals surface area contributed by atoms with Gasteiger partial charge in [-0.1, -0.05) is 57.4 Å². The molecule has 0 spiro atoms. The summed E-state index contributed by atoms with van der Waals surface area (Å²) in [6.07, 6.45) is 18.1. The molecule has 1 unspecified atom stereocenters. The molecular weight excluding hydrogens is 1060 g/mol. The highest BCUT2D eigenvalue weighted by Crippen LogP contribution is 2.42. The largest absolute Gasteiger partial charge is 0.508 e. The summed E-state index contributed by atoms with van der Waals surface area (Å²) in [5.41, 5.74) is 1.09. The molecule has 434 valence electrons. The first-order valence-corrected chi connectivity index (χ1v) is 30.6. The quantitative estimate of drug-likeness (QED) is 0.00895. The highest BCUT2D eigenvalue weighted by Gasteiger charge is 2.42. The number of carboxylic acids is 1. The molecular formula is C59H79N7O12S2. The van der Waals surface area contributed by atoms with E-state index in [1.54, 1.807) is 12.1 Å². The Morgan fingerprint density at radius 1 is 0.662 bits per heavy atom. The SMILES string of the molecule is O=CCC(SCCCCCCCCCCC(=O)NCCCCCNC(=O)CCCC[C@@H]1SC[C@@H]2NC(=O)N[C@@H]21)C(=O)NCCCCCC(=O)NCCNC(=O)c1ccc(-c2c3ccc(=O)cc-3oc3cc(O)ccc23)c(C(=O)O)c1. The number of urea groups is 1. The Morgan fingerprint density at radius 2 is 1.26 bits per heavy atom. The van der Waals surface area contributed by atoms with E-state index in [-0.39, 0.29) is 107 Å². The Hall–Kier alpha value is -6.61. The number of carboxylic acid groups (broad SMARTS) is 1. The molecule has 80 heavy (non-hydrogen) atoms. The molecule has 0 bridgehead atoms. The number of thioether (sulfide) groups is 2. The number of aromatic hydroxyl groups is 1. The van der Waals surface area contributed by atoms with Crippen LogP contribution < -0.4 is 42.6 Å². The number of phenolic OH excluding ortho intramolecular Hbond substituents is 1. The van der Waals surface area contributed by atoms with Crippen LogP contribution in [0.25, 0.3) is 33.4 Å². The van der Waals surface area contributed by atoms with Crippen molar-refractivity contribution in [1.82, 2.24) is 37.2 Å². The monoisotopic (exact) mass is 1140 g/mol. The highest BCUT2D eigenvalue weighted by molar-refractivity contribution is 8.00. The van der Waals surface area contributed by atoms with Gasteiger partial charge < -0.3 is 56.6 Å². The predicted octanol–water partition coefficient (Wildman–Crippen LogP) is 7.82. The van der Waals surface area contributed by atoms with Gasteiger partial charge in [0.15, 0.2) is 5.43 Å². The van der Waals surface area contributed by atoms with E-state index in [0.29, 0.717) is 73.5 Å². The maximum atomic E-state index is 13.1. The number of amides is 7. The van der Waals surface area contributed by atoms with E-state index >= 15 is 0 Å². The van der Waals surface area contributed by atoms with Crippen molar-refractivity contribution in [3.63, 3.8) is 0 Å². The first kappa shape index (κ1) is 62.6. The summed E-state index contributed by atoms with van der Waals surface area (Å²) in [4.78, 5) is 110. The van der Waals surface area contributed by atoms with Crippen molar-refractivity contribution in [2.45, 2.75) is 157 Å². The summed E-state index contributed by atoms with van der Waals surface area (Å²) < 4.78 is 5.88. The Morgan fingerprint density at radius 3 is 1.95 bits per heavy atom. The molecule has 21 heteroatoms. The lowest BCUT2D eigenvalue weighted by molar-refractivity contribution is -0.122. The van der Waals surface area contributed by atoms with Crippen molar-refractivity contribution < 1.29 is 53.0 Å². The van der Waals surface area contributed by atoms with Crippen LogP contribution in [0.15, 0.2) is 63.8 Å². The number of fused-ring (bicyclic) bond motifs is 3. The maximum Gasteiger partial charge on any atom is 0.336 e. The molecule has 6 rings (SSSR count). The van der Waals surface area contributed by atoms with Crippen LogP contribution in [0.5, 0.6) is 5.75 Å². The van der Waals surface area contributed by atoms with Crippen LogP contribution >= 0.6 is 23.5 Å². The average Bonchev–Trinajstić information content (AvgIpc) is 4.09. The molecule has 3 aliphatic heterocycles. The summed E-state index contributed by atoms with van der Waals surface area (Å²) in [5, 5.41) is 41.2. The zero-order valence-corrected chi connectivity index (χ0v) is 47.3. The number of rotatable bonds is 38. The first-order chi connectivity index (χ1) is 38.8. The lowest BCUT2D eigenvalue weighted by Crippen LogP contribution is -2.36. The minimum absolute atomic E-state index is 0.0685. The standard InChI is InChI=1S/C59H79N7O12S2/c67-33-27-50(79-34-16-6-4-2-1-3-5-9-18-51(70)60-28-14-8-15-29-61-52(71)20-12-11-17-49-55-46(38-80-49)65-59(77)66-55)57(74)63-30-13-7-10-19-53(72)62-31-32-64-56(73)39-21-24-42(45(35-39)58(75)76)54-43-25-22-40(68)36-47(43)78-48-37-41(69)23-26-44(48)54/h21-26,33,35-37,46,49-50,55,68H,1-20,27-32,34,38H2,(H,60,70)(H,61,71)(H,62,72)(H,63,74)(H,64,73)(H,75,76)(H2,65,66,77)/t46-,49-,50?,55-/m0/s1. The fourth-order valence-corrected chi connectivity index (χ4v) is 12.7. The van der Waals surface area contributed by atoms with E-state index < -0.39 is 17.1 Å². The van der Waals surface area contributed by atoms with E-state index in [1.165, 1.54) is 54.2 Å². The summed E-state index contributed by atoms with van der Waals surface area (Å²) >= 11 is 3.41. The third kappa shape index (κ3) is 20.5. The van der Waals surface area contributed by atoms with E-state index in [4.69, 9.17) is 4.42 Å². The van der Waals surface area contributed by atoms with Gasteiger partial charge in [-0.3, -0.25) is 28.8 Å². The van der Waals surface area contributed by atoms with Crippen molar-refractivity contribution in [2.24, 2.45) is 0 Å². The first-order valence-electron chi connectivity index (χ1n) is 28.5. The zero-order chi connectivity index (χ0) is 57.1. The van der Waals surface area contributed by atoms with Crippen molar-refractivity contribution in [3.05, 3.63) is 75.9 Å². The van der Waals surface area contributed by atoms with Crippen molar-refractivity contribution in [3.8, 4) is 28.2 Å². The van der Waals surface area contributed by atoms with Gasteiger partial charge >= 0.3 is 12.0 Å². The van der Waals surface area contributed by atoms with Gasteiger partial charge in [0.1, 0.15) is 23.4 Å². The number of aromatic carboxylic acids is 1. The number of phenols is 1. The Bertz CT molecular complexity index is 2760. The molecule has 1 aliphatic carbocycles. The van der Waals surface area contributed by atoms with Gasteiger partial charge in [-0.2, -0.15) is 11.8 Å². The van der Waals surface area contributed by atoms with E-state index in [0.717, 1.165) is 108 Å². The van der Waals surface area contributed by atoms with Gasteiger partial charge in [0, 0.05) is 104 Å². The normalized spacial score (nSPS) is 15.8. The summed E-state index contributed by atoms with van der Waals surface area (Å²) in [5.74, 6) is -0.104. The Balaban J connectivity index is 0.713. The fourth-order valence-electron chi connectivity index (χ4n) is 10.1. The molecule has 2 fully saturated rings. The van der Waals surface area contributed by atoms with Gasteiger partial charge in [0.2, 0.25) is 23.6 Å². The number of carbonyl (C=O) groups is 8. The smallest absolute Gasteiger partial charge is 0.336 e. The lowest BCUT2D eigenvalue weighted by atomic mass is 9.90. The molecule has 2 aromatic carbocycles. The number of nitrogens with one attached hydrogen (secondary N) is 7. The molecule has 4 atom stereocenters. The summed E-state index contributed by atoms with van der Waals surface area (Å²) in [6, 6.07) is 13.2. The average molecular weight is 1140 g/mol. The number of unbranched alkanes of at least 4 members (excludes halogenated alkanes) is 12. The third-order valence-electron chi connectivity index (χ3n) is 14.4.